The second kappa shape index (κ2) is 9.25. The fourth-order valence-electron chi connectivity index (χ4n) is 4.36. The van der Waals surface area contributed by atoms with E-state index in [2.05, 4.69) is 68.6 Å². The average molecular weight is 432 g/mol. The van der Waals surface area contributed by atoms with Crippen LogP contribution in [0.5, 0.6) is 17.2 Å². The minimum Gasteiger partial charge on any atom is -0.496 e. The van der Waals surface area contributed by atoms with Crippen LogP contribution in [0.4, 0.5) is 0 Å². The van der Waals surface area contributed by atoms with Crippen LogP contribution in [0.3, 0.4) is 0 Å². The van der Waals surface area contributed by atoms with Crippen molar-refractivity contribution in [2.24, 2.45) is 0 Å². The van der Waals surface area contributed by atoms with Gasteiger partial charge in [-0.05, 0) is 63.9 Å². The zero-order valence-electron chi connectivity index (χ0n) is 19.7. The van der Waals surface area contributed by atoms with E-state index in [9.17, 15) is 0 Å². The topological polar surface area (TPSA) is 39.7 Å². The van der Waals surface area contributed by atoms with E-state index in [0.717, 1.165) is 35.8 Å². The molecule has 1 N–H and O–H groups in total. The van der Waals surface area contributed by atoms with Gasteiger partial charge in [0.1, 0.15) is 12.4 Å². The van der Waals surface area contributed by atoms with Gasteiger partial charge in [0.2, 0.25) is 0 Å². The van der Waals surface area contributed by atoms with E-state index in [-0.39, 0.29) is 11.5 Å². The molecule has 1 aliphatic rings. The number of rotatable bonds is 6. The highest BCUT2D eigenvalue weighted by atomic mass is 16.5. The molecule has 0 saturated heterocycles. The molecule has 0 bridgehead atoms. The normalized spacial score (nSPS) is 15.7. The quantitative estimate of drug-likeness (QED) is 0.534. The Morgan fingerprint density at radius 3 is 2.31 bits per heavy atom. The van der Waals surface area contributed by atoms with Gasteiger partial charge in [-0.25, -0.2) is 0 Å². The Labute approximate surface area is 191 Å². The lowest BCUT2D eigenvalue weighted by Gasteiger charge is -2.30. The third kappa shape index (κ3) is 4.61. The molecule has 168 valence electrons. The molecule has 32 heavy (non-hydrogen) atoms. The van der Waals surface area contributed by atoms with Crippen molar-refractivity contribution in [3.05, 3.63) is 88.5 Å². The van der Waals surface area contributed by atoms with E-state index in [1.807, 2.05) is 18.2 Å². The molecule has 0 aliphatic carbocycles. The van der Waals surface area contributed by atoms with E-state index in [1.54, 1.807) is 14.2 Å². The van der Waals surface area contributed by atoms with Crippen LogP contribution in [0, 0.1) is 0 Å². The Morgan fingerprint density at radius 1 is 0.875 bits per heavy atom. The summed E-state index contributed by atoms with van der Waals surface area (Å²) in [6.45, 7) is 8.08. The molecule has 4 nitrogen and oxygen atoms in total. The summed E-state index contributed by atoms with van der Waals surface area (Å²) in [5.74, 6) is 2.48. The largest absolute Gasteiger partial charge is 0.496 e. The smallest absolute Gasteiger partial charge is 0.162 e. The Balaban J connectivity index is 1.71. The van der Waals surface area contributed by atoms with Crippen LogP contribution < -0.4 is 19.5 Å². The summed E-state index contributed by atoms with van der Waals surface area (Å²) in [5.41, 5.74) is 6.10. The molecule has 0 fully saturated rings. The maximum atomic E-state index is 6.21. The van der Waals surface area contributed by atoms with Crippen molar-refractivity contribution >= 4 is 0 Å². The van der Waals surface area contributed by atoms with Crippen molar-refractivity contribution in [3.63, 3.8) is 0 Å². The van der Waals surface area contributed by atoms with Gasteiger partial charge in [-0.15, -0.1) is 0 Å². The van der Waals surface area contributed by atoms with E-state index < -0.39 is 0 Å². The van der Waals surface area contributed by atoms with Crippen molar-refractivity contribution in [3.8, 4) is 17.2 Å². The maximum absolute atomic E-state index is 6.21. The summed E-state index contributed by atoms with van der Waals surface area (Å²) < 4.78 is 17.5. The van der Waals surface area contributed by atoms with Crippen LogP contribution in [-0.4, -0.2) is 20.8 Å². The molecule has 1 unspecified atom stereocenters. The fraction of sp³-hybridized carbons (Fsp3) is 0.357. The molecular formula is C28H33NO3. The predicted octanol–water partition coefficient (Wildman–Crippen LogP) is 5.82. The lowest BCUT2D eigenvalue weighted by atomic mass is 9.82. The van der Waals surface area contributed by atoms with Crippen molar-refractivity contribution < 1.29 is 14.2 Å². The highest BCUT2D eigenvalue weighted by Crippen LogP contribution is 2.40. The molecule has 3 aromatic carbocycles. The molecular weight excluding hydrogens is 398 g/mol. The van der Waals surface area contributed by atoms with E-state index in [1.165, 1.54) is 22.3 Å². The molecule has 4 heteroatoms. The van der Waals surface area contributed by atoms with Crippen LogP contribution in [0.1, 0.15) is 54.6 Å². The summed E-state index contributed by atoms with van der Waals surface area (Å²) in [5, 5.41) is 3.71. The lowest BCUT2D eigenvalue weighted by molar-refractivity contribution is 0.283. The summed E-state index contributed by atoms with van der Waals surface area (Å²) >= 11 is 0. The van der Waals surface area contributed by atoms with Gasteiger partial charge in [0, 0.05) is 6.54 Å². The zero-order chi connectivity index (χ0) is 22.7. The van der Waals surface area contributed by atoms with Gasteiger partial charge in [-0.3, -0.25) is 0 Å². The lowest BCUT2D eigenvalue weighted by Crippen LogP contribution is -2.31. The maximum Gasteiger partial charge on any atom is 0.162 e. The molecule has 0 spiro atoms. The van der Waals surface area contributed by atoms with Gasteiger partial charge >= 0.3 is 0 Å². The first-order valence-corrected chi connectivity index (χ1v) is 11.2. The van der Waals surface area contributed by atoms with Gasteiger partial charge in [0.15, 0.2) is 11.5 Å². The molecule has 0 aromatic heterocycles. The minimum atomic E-state index is -0.0112. The Kier molecular flexibility index (Phi) is 6.43. The SMILES string of the molecule is COc1cc2c(cc1OCc1ccccc1)C(c1ccc(OC)c(C(C)(C)C)c1)NCC2. The molecule has 1 atom stereocenters. The van der Waals surface area contributed by atoms with Crippen molar-refractivity contribution in [2.75, 3.05) is 20.8 Å². The number of methoxy groups -OCH3 is 2. The average Bonchev–Trinajstić information content (AvgIpc) is 2.81. The standard InChI is InChI=1S/C28H33NO3/c1-28(2,3)23-15-21(11-12-24(23)30-4)27-22-17-26(32-18-19-9-7-6-8-10-19)25(31-5)16-20(22)13-14-29-27/h6-12,15-17,27,29H,13-14,18H2,1-5H3. The number of ether oxygens (including phenoxy) is 3. The summed E-state index contributed by atoms with van der Waals surface area (Å²) in [7, 11) is 3.44. The fourth-order valence-corrected chi connectivity index (χ4v) is 4.36. The number of hydrogen-bond acceptors (Lipinski definition) is 4. The van der Waals surface area contributed by atoms with Gasteiger partial charge in [0.25, 0.3) is 0 Å². The second-order valence-electron chi connectivity index (χ2n) is 9.32. The Morgan fingerprint density at radius 2 is 1.62 bits per heavy atom. The first-order chi connectivity index (χ1) is 15.4. The molecule has 0 radical (unpaired) electrons. The number of hydrogen-bond donors (Lipinski definition) is 1. The summed E-state index contributed by atoms with van der Waals surface area (Å²) in [4.78, 5) is 0. The molecule has 4 rings (SSSR count). The van der Waals surface area contributed by atoms with E-state index in [4.69, 9.17) is 14.2 Å². The third-order valence-electron chi connectivity index (χ3n) is 6.08. The van der Waals surface area contributed by atoms with Gasteiger partial charge in [-0.2, -0.15) is 0 Å². The predicted molar refractivity (Wildman–Crippen MR) is 129 cm³/mol. The van der Waals surface area contributed by atoms with Crippen LogP contribution >= 0.6 is 0 Å². The Hall–Kier alpha value is -2.98. The monoisotopic (exact) mass is 431 g/mol. The van der Waals surface area contributed by atoms with Crippen molar-refractivity contribution in [1.82, 2.24) is 5.32 Å². The summed E-state index contributed by atoms with van der Waals surface area (Å²) in [6.07, 6.45) is 0.962. The molecule has 3 aromatic rings. The van der Waals surface area contributed by atoms with Crippen molar-refractivity contribution in [2.45, 2.75) is 45.3 Å². The van der Waals surface area contributed by atoms with Crippen molar-refractivity contribution in [1.29, 1.82) is 0 Å². The van der Waals surface area contributed by atoms with Gasteiger partial charge < -0.3 is 19.5 Å². The van der Waals surface area contributed by atoms with Crippen LogP contribution in [-0.2, 0) is 18.4 Å². The second-order valence-corrected chi connectivity index (χ2v) is 9.32. The number of nitrogens with one attached hydrogen (secondary N) is 1. The first-order valence-electron chi connectivity index (χ1n) is 11.2. The highest BCUT2D eigenvalue weighted by Gasteiger charge is 2.27. The van der Waals surface area contributed by atoms with Gasteiger partial charge in [0.05, 0.1) is 20.3 Å². The summed E-state index contributed by atoms with van der Waals surface area (Å²) in [6, 6.07) is 21.1. The highest BCUT2D eigenvalue weighted by molar-refractivity contribution is 5.53. The zero-order valence-corrected chi connectivity index (χ0v) is 19.7. The molecule has 0 amide bonds. The van der Waals surface area contributed by atoms with E-state index >= 15 is 0 Å². The van der Waals surface area contributed by atoms with Crippen LogP contribution in [0.2, 0.25) is 0 Å². The number of fused-ring (bicyclic) bond motifs is 1. The first kappa shape index (κ1) is 22.2. The van der Waals surface area contributed by atoms with Crippen LogP contribution in [0.25, 0.3) is 0 Å². The van der Waals surface area contributed by atoms with Crippen LogP contribution in [0.15, 0.2) is 60.7 Å². The Bertz CT molecular complexity index is 1070. The van der Waals surface area contributed by atoms with Gasteiger partial charge in [-0.1, -0.05) is 57.2 Å². The molecule has 1 heterocycles. The molecule has 1 aliphatic heterocycles. The minimum absolute atomic E-state index is 0.0112. The van der Waals surface area contributed by atoms with E-state index in [0.29, 0.717) is 6.61 Å². The third-order valence-corrected chi connectivity index (χ3v) is 6.08. The number of benzene rings is 3. The molecule has 0 saturated carbocycles.